The fourth-order valence-electron chi connectivity index (χ4n) is 3.37. The third kappa shape index (κ3) is 4.15. The van der Waals surface area contributed by atoms with Crippen LogP contribution in [0, 0.1) is 5.92 Å². The lowest BCUT2D eigenvalue weighted by Gasteiger charge is -2.41. The molecule has 3 atom stereocenters. The van der Waals surface area contributed by atoms with E-state index in [1.165, 1.54) is 18.4 Å². The van der Waals surface area contributed by atoms with Crippen LogP contribution in [-0.4, -0.2) is 46.8 Å². The Balaban J connectivity index is 1.66. The van der Waals surface area contributed by atoms with Gasteiger partial charge in [-0.2, -0.15) is 0 Å². The van der Waals surface area contributed by atoms with E-state index in [2.05, 4.69) is 40.5 Å². The molecule has 0 spiro atoms. The first-order valence-electron chi connectivity index (χ1n) is 8.06. The van der Waals surface area contributed by atoms with Crippen molar-refractivity contribution < 1.29 is 4.21 Å². The molecule has 1 N–H and O–H groups in total. The molecular formula is C17H26N2OS. The second-order valence-corrected chi connectivity index (χ2v) is 7.96. The number of rotatable bonds is 6. The van der Waals surface area contributed by atoms with E-state index in [1.807, 2.05) is 0 Å². The number of hydrogen-bond acceptors (Lipinski definition) is 3. The maximum absolute atomic E-state index is 11.3. The zero-order chi connectivity index (χ0) is 14.7. The summed E-state index contributed by atoms with van der Waals surface area (Å²) in [6, 6.07) is 11.9. The Morgan fingerprint density at radius 3 is 2.71 bits per heavy atom. The SMILES string of the molecule is CS(=O)CCCN1CC(C2CC2)NCC1c1ccccc1. The topological polar surface area (TPSA) is 32.3 Å². The van der Waals surface area contributed by atoms with E-state index in [0.29, 0.717) is 12.1 Å². The standard InChI is InChI=1S/C17H26N2OS/c1-21(20)11-5-10-19-13-16(14-8-9-14)18-12-17(19)15-6-3-2-4-7-15/h2-4,6-7,14,16-18H,5,8-13H2,1H3. The molecule has 0 radical (unpaired) electrons. The molecule has 1 saturated carbocycles. The third-order valence-corrected chi connectivity index (χ3v) is 5.56. The lowest BCUT2D eigenvalue weighted by Crippen LogP contribution is -2.53. The van der Waals surface area contributed by atoms with Crippen LogP contribution >= 0.6 is 0 Å². The summed E-state index contributed by atoms with van der Waals surface area (Å²) in [5.74, 6) is 1.71. The molecule has 2 fully saturated rings. The van der Waals surface area contributed by atoms with Gasteiger partial charge in [-0.15, -0.1) is 0 Å². The highest BCUT2D eigenvalue weighted by molar-refractivity contribution is 7.84. The van der Waals surface area contributed by atoms with Gasteiger partial charge in [-0.05, 0) is 37.3 Å². The molecule has 2 aliphatic rings. The molecule has 116 valence electrons. The summed E-state index contributed by atoms with van der Waals surface area (Å²) in [5.41, 5.74) is 1.40. The number of piperazine rings is 1. The minimum absolute atomic E-state index is 0.464. The molecule has 0 amide bonds. The maximum Gasteiger partial charge on any atom is 0.0473 e. The third-order valence-electron chi connectivity index (χ3n) is 4.70. The quantitative estimate of drug-likeness (QED) is 0.874. The van der Waals surface area contributed by atoms with Gasteiger partial charge in [0.2, 0.25) is 0 Å². The Hall–Kier alpha value is -0.710. The van der Waals surface area contributed by atoms with Crippen LogP contribution in [-0.2, 0) is 10.8 Å². The highest BCUT2D eigenvalue weighted by Crippen LogP contribution is 2.36. The van der Waals surface area contributed by atoms with E-state index >= 15 is 0 Å². The van der Waals surface area contributed by atoms with Crippen molar-refractivity contribution in [1.82, 2.24) is 10.2 Å². The highest BCUT2D eigenvalue weighted by Gasteiger charge is 2.37. The van der Waals surface area contributed by atoms with Crippen LogP contribution in [0.2, 0.25) is 0 Å². The predicted molar refractivity (Wildman–Crippen MR) is 88.8 cm³/mol. The predicted octanol–water partition coefficient (Wildman–Crippen LogP) is 2.18. The molecule has 1 saturated heterocycles. The van der Waals surface area contributed by atoms with Crippen molar-refractivity contribution in [2.24, 2.45) is 5.92 Å². The van der Waals surface area contributed by atoms with Crippen molar-refractivity contribution in [2.45, 2.75) is 31.3 Å². The van der Waals surface area contributed by atoms with Crippen molar-refractivity contribution >= 4 is 10.8 Å². The minimum Gasteiger partial charge on any atom is -0.311 e. The largest absolute Gasteiger partial charge is 0.311 e. The Bertz CT molecular complexity index is 475. The fourth-order valence-corrected chi connectivity index (χ4v) is 3.91. The van der Waals surface area contributed by atoms with E-state index in [1.54, 1.807) is 6.26 Å². The molecule has 3 rings (SSSR count). The zero-order valence-electron chi connectivity index (χ0n) is 12.8. The van der Waals surface area contributed by atoms with Gasteiger partial charge in [0.15, 0.2) is 0 Å². The lowest BCUT2D eigenvalue weighted by molar-refractivity contribution is 0.123. The summed E-state index contributed by atoms with van der Waals surface area (Å²) in [7, 11) is -0.673. The van der Waals surface area contributed by atoms with Crippen LogP contribution in [0.4, 0.5) is 0 Å². The normalized spacial score (nSPS) is 28.4. The van der Waals surface area contributed by atoms with Gasteiger partial charge in [0.25, 0.3) is 0 Å². The summed E-state index contributed by atoms with van der Waals surface area (Å²) in [6.07, 6.45) is 5.62. The maximum atomic E-state index is 11.3. The van der Waals surface area contributed by atoms with Crippen molar-refractivity contribution in [2.75, 3.05) is 31.6 Å². The van der Waals surface area contributed by atoms with Crippen LogP contribution in [0.1, 0.15) is 30.9 Å². The molecule has 3 unspecified atom stereocenters. The van der Waals surface area contributed by atoms with Crippen LogP contribution in [0.25, 0.3) is 0 Å². The average Bonchev–Trinajstić information content (AvgIpc) is 3.32. The number of hydrogen-bond donors (Lipinski definition) is 1. The van der Waals surface area contributed by atoms with Gasteiger partial charge < -0.3 is 5.32 Å². The first-order valence-corrected chi connectivity index (χ1v) is 9.79. The second-order valence-electron chi connectivity index (χ2n) is 6.40. The number of benzene rings is 1. The average molecular weight is 306 g/mol. The van der Waals surface area contributed by atoms with Gasteiger partial charge in [-0.1, -0.05) is 30.3 Å². The van der Waals surface area contributed by atoms with Crippen molar-refractivity contribution in [1.29, 1.82) is 0 Å². The molecule has 3 nitrogen and oxygen atoms in total. The molecule has 1 heterocycles. The van der Waals surface area contributed by atoms with Crippen molar-refractivity contribution in [3.05, 3.63) is 35.9 Å². The van der Waals surface area contributed by atoms with Crippen LogP contribution < -0.4 is 5.32 Å². The van der Waals surface area contributed by atoms with E-state index in [0.717, 1.165) is 37.7 Å². The summed E-state index contributed by atoms with van der Waals surface area (Å²) in [4.78, 5) is 2.61. The van der Waals surface area contributed by atoms with Crippen molar-refractivity contribution in [3.63, 3.8) is 0 Å². The summed E-state index contributed by atoms with van der Waals surface area (Å²) < 4.78 is 11.3. The summed E-state index contributed by atoms with van der Waals surface area (Å²) in [5, 5.41) is 3.76. The monoisotopic (exact) mass is 306 g/mol. The first kappa shape index (κ1) is 15.2. The van der Waals surface area contributed by atoms with E-state index in [9.17, 15) is 4.21 Å². The fraction of sp³-hybridized carbons (Fsp3) is 0.647. The Morgan fingerprint density at radius 2 is 2.05 bits per heavy atom. The summed E-state index contributed by atoms with van der Waals surface area (Å²) in [6.45, 7) is 3.24. The molecule has 4 heteroatoms. The first-order chi connectivity index (χ1) is 10.2. The van der Waals surface area contributed by atoms with Crippen LogP contribution in [0.15, 0.2) is 30.3 Å². The van der Waals surface area contributed by atoms with E-state index in [-0.39, 0.29) is 0 Å². The lowest BCUT2D eigenvalue weighted by atomic mass is 9.99. The molecular weight excluding hydrogens is 280 g/mol. The van der Waals surface area contributed by atoms with Crippen LogP contribution in [0.3, 0.4) is 0 Å². The van der Waals surface area contributed by atoms with E-state index in [4.69, 9.17) is 0 Å². The summed E-state index contributed by atoms with van der Waals surface area (Å²) >= 11 is 0. The molecule has 21 heavy (non-hydrogen) atoms. The molecule has 1 aliphatic heterocycles. The van der Waals surface area contributed by atoms with Crippen LogP contribution in [0.5, 0.6) is 0 Å². The van der Waals surface area contributed by atoms with Gasteiger partial charge >= 0.3 is 0 Å². The molecule has 1 aromatic carbocycles. The smallest absolute Gasteiger partial charge is 0.0473 e. The van der Waals surface area contributed by atoms with Crippen molar-refractivity contribution in [3.8, 4) is 0 Å². The second kappa shape index (κ2) is 7.03. The molecule has 1 aromatic rings. The molecule has 0 aromatic heterocycles. The Morgan fingerprint density at radius 1 is 1.29 bits per heavy atom. The Labute approximate surface area is 130 Å². The van der Waals surface area contributed by atoms with Gasteiger partial charge in [0, 0.05) is 48.0 Å². The molecule has 1 aliphatic carbocycles. The Kier molecular flexibility index (Phi) is 5.09. The number of nitrogens with one attached hydrogen (secondary N) is 1. The van der Waals surface area contributed by atoms with Gasteiger partial charge in [0.05, 0.1) is 0 Å². The zero-order valence-corrected chi connectivity index (χ0v) is 13.6. The minimum atomic E-state index is -0.673. The van der Waals surface area contributed by atoms with Gasteiger partial charge in [0.1, 0.15) is 0 Å². The number of nitrogens with zero attached hydrogens (tertiary/aromatic N) is 1. The van der Waals surface area contributed by atoms with E-state index < -0.39 is 10.8 Å². The van der Waals surface area contributed by atoms with Gasteiger partial charge in [-0.25, -0.2) is 0 Å². The van der Waals surface area contributed by atoms with Gasteiger partial charge in [-0.3, -0.25) is 9.11 Å². The highest BCUT2D eigenvalue weighted by atomic mass is 32.2. The molecule has 0 bridgehead atoms.